The van der Waals surface area contributed by atoms with Gasteiger partial charge in [-0.25, -0.2) is 0 Å². The van der Waals surface area contributed by atoms with Crippen LogP contribution in [0, 0.1) is 11.3 Å². The molecule has 1 unspecified atom stereocenters. The third-order valence-electron chi connectivity index (χ3n) is 4.54. The molecule has 3 rings (SSSR count). The molecule has 6 nitrogen and oxygen atoms in total. The molecular formula is C18H21N3O3. The van der Waals surface area contributed by atoms with Crippen LogP contribution in [0.2, 0.25) is 0 Å². The molecule has 126 valence electrons. The van der Waals surface area contributed by atoms with Gasteiger partial charge in [-0.3, -0.25) is 9.59 Å². The van der Waals surface area contributed by atoms with Gasteiger partial charge < -0.3 is 14.5 Å². The first-order valence-electron chi connectivity index (χ1n) is 8.39. The van der Waals surface area contributed by atoms with Crippen LogP contribution in [0.1, 0.15) is 35.2 Å². The first kappa shape index (κ1) is 16.5. The van der Waals surface area contributed by atoms with E-state index in [9.17, 15) is 9.59 Å². The fraction of sp³-hybridized carbons (Fsp3) is 0.500. The van der Waals surface area contributed by atoms with Crippen molar-refractivity contribution in [2.75, 3.05) is 32.8 Å². The summed E-state index contributed by atoms with van der Waals surface area (Å²) in [5.41, 5.74) is 0.999. The van der Waals surface area contributed by atoms with E-state index < -0.39 is 0 Å². The second-order valence-electron chi connectivity index (χ2n) is 6.17. The normalized spacial score (nSPS) is 21.2. The first-order valence-corrected chi connectivity index (χ1v) is 8.39. The van der Waals surface area contributed by atoms with Crippen molar-refractivity contribution in [3.05, 3.63) is 35.4 Å². The number of benzene rings is 1. The maximum absolute atomic E-state index is 12.6. The molecule has 0 saturated carbocycles. The second-order valence-corrected chi connectivity index (χ2v) is 6.17. The number of nitriles is 1. The summed E-state index contributed by atoms with van der Waals surface area (Å²) in [6, 6.07) is 8.79. The van der Waals surface area contributed by atoms with Gasteiger partial charge >= 0.3 is 0 Å². The van der Waals surface area contributed by atoms with E-state index in [2.05, 4.69) is 6.07 Å². The van der Waals surface area contributed by atoms with Crippen molar-refractivity contribution in [3.8, 4) is 6.07 Å². The minimum absolute atomic E-state index is 0.0493. The van der Waals surface area contributed by atoms with Gasteiger partial charge in [0.2, 0.25) is 0 Å². The summed E-state index contributed by atoms with van der Waals surface area (Å²) in [6.45, 7) is 2.96. The molecule has 2 fully saturated rings. The molecule has 0 spiro atoms. The highest BCUT2D eigenvalue weighted by Crippen LogP contribution is 2.17. The molecule has 6 heteroatoms. The van der Waals surface area contributed by atoms with Gasteiger partial charge in [-0.15, -0.1) is 0 Å². The Hall–Kier alpha value is -2.39. The molecule has 24 heavy (non-hydrogen) atoms. The molecule has 2 heterocycles. The zero-order valence-corrected chi connectivity index (χ0v) is 13.6. The molecule has 2 saturated heterocycles. The highest BCUT2D eigenvalue weighted by atomic mass is 16.5. The Morgan fingerprint density at radius 3 is 2.67 bits per heavy atom. The van der Waals surface area contributed by atoms with Crippen molar-refractivity contribution >= 4 is 11.8 Å². The summed E-state index contributed by atoms with van der Waals surface area (Å²) in [6.07, 6.45) is 2.17. The van der Waals surface area contributed by atoms with Gasteiger partial charge in [-0.05, 0) is 37.5 Å². The number of hydrogen-bond donors (Lipinski definition) is 0. The van der Waals surface area contributed by atoms with E-state index in [-0.39, 0.29) is 17.9 Å². The minimum Gasteiger partial charge on any atom is -0.368 e. The number of ether oxygens (including phenoxy) is 1. The van der Waals surface area contributed by atoms with Crippen molar-refractivity contribution in [1.82, 2.24) is 9.80 Å². The van der Waals surface area contributed by atoms with Crippen molar-refractivity contribution in [3.63, 3.8) is 0 Å². The fourth-order valence-electron chi connectivity index (χ4n) is 3.22. The Kier molecular flexibility index (Phi) is 5.11. The fourth-order valence-corrected chi connectivity index (χ4v) is 3.22. The lowest BCUT2D eigenvalue weighted by molar-refractivity contribution is -0.140. The van der Waals surface area contributed by atoms with E-state index in [1.807, 2.05) is 4.90 Å². The standard InChI is InChI=1S/C18H21N3O3/c19-13-14-4-1-5-15(12-14)17(22)20-7-3-8-21(10-9-20)18(23)16-6-2-11-24-16/h1,4-5,12,16H,2-3,6-11H2. The topological polar surface area (TPSA) is 73.6 Å². The Morgan fingerprint density at radius 2 is 1.92 bits per heavy atom. The minimum atomic E-state index is -0.306. The summed E-state index contributed by atoms with van der Waals surface area (Å²) in [5.74, 6) is -0.0354. The summed E-state index contributed by atoms with van der Waals surface area (Å²) in [4.78, 5) is 28.7. The van der Waals surface area contributed by atoms with E-state index in [0.29, 0.717) is 43.9 Å². The lowest BCUT2D eigenvalue weighted by Crippen LogP contribution is -2.41. The molecule has 1 aromatic carbocycles. The second kappa shape index (κ2) is 7.45. The number of carbonyl (C=O) groups excluding carboxylic acids is 2. The number of hydrogen-bond acceptors (Lipinski definition) is 4. The number of carbonyl (C=O) groups is 2. The van der Waals surface area contributed by atoms with Crippen molar-refractivity contribution in [2.24, 2.45) is 0 Å². The third kappa shape index (κ3) is 3.57. The van der Waals surface area contributed by atoms with Gasteiger partial charge in [-0.1, -0.05) is 6.07 Å². The van der Waals surface area contributed by atoms with E-state index in [4.69, 9.17) is 10.00 Å². The molecular weight excluding hydrogens is 306 g/mol. The Bertz CT molecular complexity index is 662. The zero-order valence-electron chi connectivity index (χ0n) is 13.6. The molecule has 0 aliphatic carbocycles. The van der Waals surface area contributed by atoms with Crippen LogP contribution in [0.25, 0.3) is 0 Å². The molecule has 2 aliphatic rings. The van der Waals surface area contributed by atoms with Crippen LogP contribution in [0.5, 0.6) is 0 Å². The van der Waals surface area contributed by atoms with Gasteiger partial charge in [0.15, 0.2) is 0 Å². The smallest absolute Gasteiger partial charge is 0.253 e. The van der Waals surface area contributed by atoms with Crippen LogP contribution in [0.15, 0.2) is 24.3 Å². The van der Waals surface area contributed by atoms with E-state index >= 15 is 0 Å². The van der Waals surface area contributed by atoms with Crippen LogP contribution in [-0.4, -0.2) is 60.5 Å². The van der Waals surface area contributed by atoms with Gasteiger partial charge in [0.1, 0.15) is 6.10 Å². The third-order valence-corrected chi connectivity index (χ3v) is 4.54. The largest absolute Gasteiger partial charge is 0.368 e. The lowest BCUT2D eigenvalue weighted by atomic mass is 10.1. The average Bonchev–Trinajstić information content (AvgIpc) is 3.05. The summed E-state index contributed by atoms with van der Waals surface area (Å²) >= 11 is 0. The number of rotatable bonds is 2. The van der Waals surface area contributed by atoms with Crippen LogP contribution in [0.3, 0.4) is 0 Å². The number of amides is 2. The summed E-state index contributed by atoms with van der Waals surface area (Å²) in [7, 11) is 0. The monoisotopic (exact) mass is 327 g/mol. The molecule has 1 aromatic rings. The van der Waals surface area contributed by atoms with Gasteiger partial charge in [-0.2, -0.15) is 5.26 Å². The van der Waals surface area contributed by atoms with Crippen LogP contribution in [0.4, 0.5) is 0 Å². The summed E-state index contributed by atoms with van der Waals surface area (Å²) < 4.78 is 5.48. The van der Waals surface area contributed by atoms with Gasteiger partial charge in [0.25, 0.3) is 11.8 Å². The predicted octanol–water partition coefficient (Wildman–Crippen LogP) is 1.41. The number of nitrogens with zero attached hydrogens (tertiary/aromatic N) is 3. The van der Waals surface area contributed by atoms with Crippen LogP contribution < -0.4 is 0 Å². The maximum Gasteiger partial charge on any atom is 0.253 e. The quantitative estimate of drug-likeness (QED) is 0.823. The maximum atomic E-state index is 12.6. The highest BCUT2D eigenvalue weighted by Gasteiger charge is 2.30. The molecule has 2 amide bonds. The highest BCUT2D eigenvalue weighted by molar-refractivity contribution is 5.94. The lowest BCUT2D eigenvalue weighted by Gasteiger charge is -2.24. The molecule has 0 radical (unpaired) electrons. The Labute approximate surface area is 141 Å². The first-order chi connectivity index (χ1) is 11.7. The Morgan fingerprint density at radius 1 is 1.12 bits per heavy atom. The molecule has 0 N–H and O–H groups in total. The average molecular weight is 327 g/mol. The van der Waals surface area contributed by atoms with Crippen molar-refractivity contribution < 1.29 is 14.3 Å². The van der Waals surface area contributed by atoms with Gasteiger partial charge in [0.05, 0.1) is 11.6 Å². The van der Waals surface area contributed by atoms with E-state index in [1.165, 1.54) is 0 Å². The van der Waals surface area contributed by atoms with Crippen molar-refractivity contribution in [1.29, 1.82) is 5.26 Å². The van der Waals surface area contributed by atoms with E-state index in [0.717, 1.165) is 19.3 Å². The molecule has 1 atom stereocenters. The SMILES string of the molecule is N#Cc1cccc(C(=O)N2CCCN(C(=O)C3CCCO3)CC2)c1. The van der Waals surface area contributed by atoms with E-state index in [1.54, 1.807) is 29.2 Å². The zero-order chi connectivity index (χ0) is 16.9. The van der Waals surface area contributed by atoms with Crippen LogP contribution in [-0.2, 0) is 9.53 Å². The Balaban J connectivity index is 1.63. The van der Waals surface area contributed by atoms with Gasteiger partial charge in [0, 0.05) is 38.3 Å². The molecule has 0 bridgehead atoms. The van der Waals surface area contributed by atoms with Crippen molar-refractivity contribution in [2.45, 2.75) is 25.4 Å². The molecule has 0 aromatic heterocycles. The molecule has 2 aliphatic heterocycles. The predicted molar refractivity (Wildman–Crippen MR) is 87.2 cm³/mol. The summed E-state index contributed by atoms with van der Waals surface area (Å²) in [5, 5.41) is 8.97. The van der Waals surface area contributed by atoms with Crippen LogP contribution >= 0.6 is 0 Å².